The van der Waals surface area contributed by atoms with E-state index in [9.17, 15) is 14.4 Å². The molecule has 2 N–H and O–H groups in total. The van der Waals surface area contributed by atoms with E-state index >= 15 is 0 Å². The Morgan fingerprint density at radius 1 is 1.50 bits per heavy atom. The Kier molecular flexibility index (Phi) is 6.63. The number of aliphatic carboxylic acids is 1. The van der Waals surface area contributed by atoms with Gasteiger partial charge in [-0.1, -0.05) is 6.92 Å². The molecule has 1 saturated heterocycles. The molecule has 0 spiro atoms. The molecule has 0 radical (unpaired) electrons. The van der Waals surface area contributed by atoms with Gasteiger partial charge in [0.2, 0.25) is 0 Å². The van der Waals surface area contributed by atoms with Crippen molar-refractivity contribution >= 4 is 29.7 Å². The summed E-state index contributed by atoms with van der Waals surface area (Å²) in [7, 11) is 1.18. The molecule has 1 fully saturated rings. The van der Waals surface area contributed by atoms with Crippen LogP contribution in [0.3, 0.4) is 0 Å². The Balaban J connectivity index is 2.56. The monoisotopic (exact) mass is 304 g/mol. The van der Waals surface area contributed by atoms with E-state index in [0.29, 0.717) is 18.3 Å². The van der Waals surface area contributed by atoms with Crippen LogP contribution in [0.1, 0.15) is 19.8 Å². The molecule has 0 aromatic carbocycles. The number of nitrogens with one attached hydrogen (secondary N) is 1. The fourth-order valence-corrected chi connectivity index (χ4v) is 3.02. The second kappa shape index (κ2) is 7.98. The highest BCUT2D eigenvalue weighted by Gasteiger charge is 2.28. The molecule has 8 heteroatoms. The molecule has 1 aliphatic rings. The van der Waals surface area contributed by atoms with Crippen LogP contribution in [0.2, 0.25) is 0 Å². The first-order valence-corrected chi connectivity index (χ1v) is 7.49. The molecule has 2 amide bonds. The van der Waals surface area contributed by atoms with E-state index in [4.69, 9.17) is 5.11 Å². The van der Waals surface area contributed by atoms with E-state index in [1.807, 2.05) is 11.8 Å². The highest BCUT2D eigenvalue weighted by atomic mass is 32.2. The van der Waals surface area contributed by atoms with Crippen LogP contribution in [0.15, 0.2) is 0 Å². The van der Waals surface area contributed by atoms with E-state index in [1.165, 1.54) is 7.11 Å². The van der Waals surface area contributed by atoms with Crippen LogP contribution in [-0.4, -0.2) is 65.2 Å². The zero-order valence-electron chi connectivity index (χ0n) is 11.6. The van der Waals surface area contributed by atoms with Crippen molar-refractivity contribution in [2.75, 3.05) is 26.0 Å². The zero-order valence-corrected chi connectivity index (χ0v) is 12.4. The molecule has 2 atom stereocenters. The molecule has 1 rings (SSSR count). The number of carboxylic acids is 1. The second-order valence-corrected chi connectivity index (χ2v) is 5.88. The molecule has 114 valence electrons. The van der Waals surface area contributed by atoms with Crippen molar-refractivity contribution in [2.24, 2.45) is 0 Å². The quantitative estimate of drug-likeness (QED) is 0.720. The fraction of sp³-hybridized carbons (Fsp3) is 0.750. The van der Waals surface area contributed by atoms with Crippen LogP contribution in [-0.2, 0) is 14.3 Å². The summed E-state index contributed by atoms with van der Waals surface area (Å²) >= 11 is 1.81. The Labute approximate surface area is 122 Å². The Bertz CT molecular complexity index is 377. The number of hydrogen-bond acceptors (Lipinski definition) is 5. The summed E-state index contributed by atoms with van der Waals surface area (Å²) < 4.78 is 4.42. The number of carbonyl (C=O) groups excluding carboxylic acids is 2. The minimum absolute atomic E-state index is 0.374. The first-order chi connectivity index (χ1) is 9.47. The van der Waals surface area contributed by atoms with Gasteiger partial charge < -0.3 is 20.1 Å². The summed E-state index contributed by atoms with van der Waals surface area (Å²) in [6, 6.07) is -1.70. The summed E-state index contributed by atoms with van der Waals surface area (Å²) in [6.07, 6.45) is 0.580. The number of esters is 1. The normalized spacial score (nSPS) is 20.1. The largest absolute Gasteiger partial charge is 0.480 e. The number of urea groups is 1. The Morgan fingerprint density at radius 2 is 2.20 bits per heavy atom. The molecule has 1 heterocycles. The minimum Gasteiger partial charge on any atom is -0.480 e. The second-order valence-electron chi connectivity index (χ2n) is 4.47. The molecule has 7 nitrogen and oxygen atoms in total. The van der Waals surface area contributed by atoms with E-state index in [1.54, 1.807) is 4.90 Å². The van der Waals surface area contributed by atoms with Crippen LogP contribution < -0.4 is 5.32 Å². The summed E-state index contributed by atoms with van der Waals surface area (Å²) in [5.41, 5.74) is 0. The lowest BCUT2D eigenvalue weighted by atomic mass is 10.2. The average molecular weight is 304 g/mol. The van der Waals surface area contributed by atoms with Gasteiger partial charge in [-0.15, -0.1) is 0 Å². The van der Waals surface area contributed by atoms with Gasteiger partial charge in [0.25, 0.3) is 0 Å². The Hall–Kier alpha value is -1.44. The molecule has 20 heavy (non-hydrogen) atoms. The number of hydrogen-bond donors (Lipinski definition) is 2. The highest BCUT2D eigenvalue weighted by molar-refractivity contribution is 8.00. The third-order valence-corrected chi connectivity index (χ3v) is 4.45. The first-order valence-electron chi connectivity index (χ1n) is 6.44. The predicted molar refractivity (Wildman–Crippen MR) is 74.7 cm³/mol. The number of methoxy groups -OCH3 is 1. The van der Waals surface area contributed by atoms with Crippen molar-refractivity contribution in [3.8, 4) is 0 Å². The van der Waals surface area contributed by atoms with Crippen LogP contribution in [0.5, 0.6) is 0 Å². The van der Waals surface area contributed by atoms with Crippen molar-refractivity contribution in [1.29, 1.82) is 0 Å². The molecule has 0 bridgehead atoms. The fourth-order valence-electron chi connectivity index (χ4n) is 1.84. The maximum atomic E-state index is 12.0. The first kappa shape index (κ1) is 16.6. The maximum Gasteiger partial charge on any atom is 0.326 e. The average Bonchev–Trinajstić information content (AvgIpc) is 2.46. The molecule has 0 aliphatic carbocycles. The standard InChI is InChI=1S/C12H20N2O5S/c1-3-8-7-14(4-5-20-8)12(18)13-9(11(16)17)6-10(15)19-2/h8-9H,3-7H2,1-2H3,(H,13,18)(H,16,17)/t8?,9-/m0/s1. The summed E-state index contributed by atoms with van der Waals surface area (Å²) in [6.45, 7) is 3.23. The molecule has 1 aliphatic heterocycles. The third kappa shape index (κ3) is 4.92. The van der Waals surface area contributed by atoms with E-state index in [2.05, 4.69) is 17.0 Å². The van der Waals surface area contributed by atoms with Crippen molar-refractivity contribution in [3.05, 3.63) is 0 Å². The lowest BCUT2D eigenvalue weighted by Gasteiger charge is -2.32. The predicted octanol–water partition coefficient (Wildman–Crippen LogP) is 0.540. The number of amides is 2. The number of rotatable bonds is 5. The molecular weight excluding hydrogens is 284 g/mol. The maximum absolute atomic E-state index is 12.0. The number of ether oxygens (including phenoxy) is 1. The lowest BCUT2D eigenvalue weighted by Crippen LogP contribution is -2.52. The van der Waals surface area contributed by atoms with Gasteiger partial charge in [-0.25, -0.2) is 9.59 Å². The molecule has 0 aromatic heterocycles. The van der Waals surface area contributed by atoms with Gasteiger partial charge in [0, 0.05) is 24.1 Å². The van der Waals surface area contributed by atoms with Crippen LogP contribution in [0, 0.1) is 0 Å². The number of nitrogens with zero attached hydrogens (tertiary/aromatic N) is 1. The zero-order chi connectivity index (χ0) is 15.1. The third-order valence-electron chi connectivity index (χ3n) is 3.08. The SMILES string of the molecule is CCC1CN(C(=O)N[C@@H](CC(=O)OC)C(=O)O)CCS1. The number of thioether (sulfide) groups is 1. The summed E-state index contributed by atoms with van der Waals surface area (Å²) in [5, 5.41) is 11.8. The van der Waals surface area contributed by atoms with E-state index in [0.717, 1.165) is 12.2 Å². The van der Waals surface area contributed by atoms with E-state index in [-0.39, 0.29) is 6.42 Å². The van der Waals surface area contributed by atoms with Crippen molar-refractivity contribution in [2.45, 2.75) is 31.1 Å². The smallest absolute Gasteiger partial charge is 0.326 e. The minimum atomic E-state index is -1.26. The van der Waals surface area contributed by atoms with Crippen molar-refractivity contribution in [3.63, 3.8) is 0 Å². The van der Waals surface area contributed by atoms with Gasteiger partial charge in [-0.05, 0) is 6.42 Å². The van der Waals surface area contributed by atoms with Gasteiger partial charge in [0.15, 0.2) is 0 Å². The lowest BCUT2D eigenvalue weighted by molar-refractivity contribution is -0.147. The topological polar surface area (TPSA) is 95.9 Å². The van der Waals surface area contributed by atoms with Crippen LogP contribution in [0.25, 0.3) is 0 Å². The van der Waals surface area contributed by atoms with Gasteiger partial charge in [-0.3, -0.25) is 4.79 Å². The van der Waals surface area contributed by atoms with Crippen molar-refractivity contribution < 1.29 is 24.2 Å². The molecule has 0 aromatic rings. The summed E-state index contributed by atoms with van der Waals surface area (Å²) in [4.78, 5) is 35.8. The number of carbonyl (C=O) groups is 3. The van der Waals surface area contributed by atoms with E-state index < -0.39 is 24.0 Å². The molecule has 0 saturated carbocycles. The van der Waals surface area contributed by atoms with Gasteiger partial charge in [-0.2, -0.15) is 11.8 Å². The Morgan fingerprint density at radius 3 is 2.75 bits per heavy atom. The molecular formula is C12H20N2O5S. The van der Waals surface area contributed by atoms with Gasteiger partial charge in [0.05, 0.1) is 13.5 Å². The highest BCUT2D eigenvalue weighted by Crippen LogP contribution is 2.21. The van der Waals surface area contributed by atoms with Crippen LogP contribution in [0.4, 0.5) is 4.79 Å². The van der Waals surface area contributed by atoms with Crippen molar-refractivity contribution in [1.82, 2.24) is 10.2 Å². The van der Waals surface area contributed by atoms with Gasteiger partial charge >= 0.3 is 18.0 Å². The number of carboxylic acid groups (broad SMARTS) is 1. The summed E-state index contributed by atoms with van der Waals surface area (Å²) in [5.74, 6) is -1.08. The van der Waals surface area contributed by atoms with Crippen LogP contribution >= 0.6 is 11.8 Å². The molecule has 1 unspecified atom stereocenters. The van der Waals surface area contributed by atoms with Gasteiger partial charge in [0.1, 0.15) is 6.04 Å².